The molecule has 0 radical (unpaired) electrons. The van der Waals surface area contributed by atoms with Gasteiger partial charge in [0.05, 0.1) is 12.1 Å². The molecule has 0 aliphatic carbocycles. The van der Waals surface area contributed by atoms with E-state index in [2.05, 4.69) is 17.8 Å². The van der Waals surface area contributed by atoms with Crippen LogP contribution in [0.15, 0.2) is 29.8 Å². The van der Waals surface area contributed by atoms with Crippen LogP contribution in [0.1, 0.15) is 32.8 Å². The quantitative estimate of drug-likeness (QED) is 0.817. The first-order valence-corrected chi connectivity index (χ1v) is 6.56. The summed E-state index contributed by atoms with van der Waals surface area (Å²) in [5, 5.41) is 0. The van der Waals surface area contributed by atoms with Gasteiger partial charge in [-0.05, 0) is 32.4 Å². The summed E-state index contributed by atoms with van der Waals surface area (Å²) in [6.07, 6.45) is 2.85. The maximum absolute atomic E-state index is 11.8. The van der Waals surface area contributed by atoms with Crippen molar-refractivity contribution in [2.45, 2.75) is 32.7 Å². The van der Waals surface area contributed by atoms with Gasteiger partial charge in [0.25, 0.3) is 5.91 Å². The van der Waals surface area contributed by atoms with E-state index in [4.69, 9.17) is 4.74 Å². The first-order chi connectivity index (χ1) is 9.04. The van der Waals surface area contributed by atoms with E-state index >= 15 is 0 Å². The Bertz CT molecular complexity index is 507. The Hall–Kier alpha value is -1.81. The average molecular weight is 260 g/mol. The number of nitrogens with one attached hydrogen (secondary N) is 2. The van der Waals surface area contributed by atoms with E-state index in [9.17, 15) is 4.79 Å². The number of hydrazine groups is 1. The van der Waals surface area contributed by atoms with Crippen LogP contribution in [0.3, 0.4) is 0 Å². The van der Waals surface area contributed by atoms with E-state index in [1.54, 1.807) is 0 Å². The molecular weight excluding hydrogens is 240 g/mol. The van der Waals surface area contributed by atoms with Gasteiger partial charge in [-0.15, -0.1) is 0 Å². The molecule has 0 spiro atoms. The van der Waals surface area contributed by atoms with Crippen LogP contribution >= 0.6 is 0 Å². The maximum atomic E-state index is 11.8. The monoisotopic (exact) mass is 260 g/mol. The van der Waals surface area contributed by atoms with Crippen LogP contribution in [-0.2, 0) is 4.79 Å². The molecule has 1 aromatic rings. The zero-order valence-electron chi connectivity index (χ0n) is 11.6. The predicted molar refractivity (Wildman–Crippen MR) is 75.6 cm³/mol. The van der Waals surface area contributed by atoms with Gasteiger partial charge in [-0.25, -0.2) is 5.43 Å². The minimum Gasteiger partial charge on any atom is -0.493 e. The number of benzene rings is 1. The zero-order valence-corrected chi connectivity index (χ0v) is 11.6. The first kappa shape index (κ1) is 13.6. The molecule has 1 amide bonds. The van der Waals surface area contributed by atoms with Crippen LogP contribution in [-0.4, -0.2) is 18.1 Å². The third-order valence-electron chi connectivity index (χ3n) is 3.09. The molecule has 0 atom stereocenters. The molecule has 1 saturated heterocycles. The van der Waals surface area contributed by atoms with Gasteiger partial charge in [-0.3, -0.25) is 10.2 Å². The Labute approximate surface area is 113 Å². The molecule has 2 rings (SSSR count). The third-order valence-corrected chi connectivity index (χ3v) is 3.09. The highest BCUT2D eigenvalue weighted by Crippen LogP contribution is 2.27. The predicted octanol–water partition coefficient (Wildman–Crippen LogP) is 2.27. The summed E-state index contributed by atoms with van der Waals surface area (Å²) < 4.78 is 5.70. The molecule has 1 aliphatic rings. The molecule has 102 valence electrons. The topological polar surface area (TPSA) is 50.4 Å². The maximum Gasteiger partial charge on any atom is 0.263 e. The highest BCUT2D eigenvalue weighted by atomic mass is 16.5. The number of rotatable bonds is 4. The minimum atomic E-state index is -0.380. The molecule has 4 heteroatoms. The van der Waals surface area contributed by atoms with Crippen LogP contribution in [0.4, 0.5) is 0 Å². The summed E-state index contributed by atoms with van der Waals surface area (Å²) in [4.78, 5) is 11.8. The fourth-order valence-electron chi connectivity index (χ4n) is 1.98. The number of para-hydroxylation sites is 1. The number of amides is 1. The molecule has 0 bridgehead atoms. The lowest BCUT2D eigenvalue weighted by Crippen LogP contribution is -2.38. The summed E-state index contributed by atoms with van der Waals surface area (Å²) in [7, 11) is 0. The van der Waals surface area contributed by atoms with Crippen molar-refractivity contribution >= 4 is 12.0 Å². The second-order valence-electron chi connectivity index (χ2n) is 5.15. The molecule has 1 aliphatic heterocycles. The molecule has 1 fully saturated rings. The van der Waals surface area contributed by atoms with Crippen LogP contribution in [0, 0.1) is 0 Å². The summed E-state index contributed by atoms with van der Waals surface area (Å²) in [5.74, 6) is 0.725. The Morgan fingerprint density at radius 3 is 2.68 bits per heavy atom. The molecule has 0 unspecified atom stereocenters. The molecule has 1 heterocycles. The van der Waals surface area contributed by atoms with Crippen molar-refractivity contribution in [1.82, 2.24) is 10.9 Å². The number of hydrogen-bond acceptors (Lipinski definition) is 3. The minimum absolute atomic E-state index is 0.0877. The lowest BCUT2D eigenvalue weighted by atomic mass is 9.94. The number of carbonyl (C=O) groups is 1. The zero-order chi connectivity index (χ0) is 13.9. The normalized spacial score (nSPS) is 19.5. The van der Waals surface area contributed by atoms with E-state index < -0.39 is 0 Å². The largest absolute Gasteiger partial charge is 0.493 e. The fourth-order valence-corrected chi connectivity index (χ4v) is 1.98. The van der Waals surface area contributed by atoms with Gasteiger partial charge in [0.1, 0.15) is 5.75 Å². The van der Waals surface area contributed by atoms with Gasteiger partial charge in [0, 0.05) is 11.1 Å². The SMILES string of the molecule is CCCOc1ccccc1/C=C1\C(=O)NNC1(C)C. The smallest absolute Gasteiger partial charge is 0.263 e. The highest BCUT2D eigenvalue weighted by Gasteiger charge is 2.35. The summed E-state index contributed by atoms with van der Waals surface area (Å²) in [6, 6.07) is 7.76. The molecule has 1 aromatic carbocycles. The molecule has 19 heavy (non-hydrogen) atoms. The van der Waals surface area contributed by atoms with Crippen molar-refractivity contribution in [1.29, 1.82) is 0 Å². The fraction of sp³-hybridized carbons (Fsp3) is 0.400. The second kappa shape index (κ2) is 5.45. The first-order valence-electron chi connectivity index (χ1n) is 6.56. The van der Waals surface area contributed by atoms with Gasteiger partial charge in [0.15, 0.2) is 0 Å². The van der Waals surface area contributed by atoms with Gasteiger partial charge in [0.2, 0.25) is 0 Å². The van der Waals surface area contributed by atoms with Gasteiger partial charge in [-0.2, -0.15) is 0 Å². The van der Waals surface area contributed by atoms with Gasteiger partial charge in [-0.1, -0.05) is 25.1 Å². The number of hydrogen-bond donors (Lipinski definition) is 2. The van der Waals surface area contributed by atoms with E-state index in [1.807, 2.05) is 44.2 Å². The third kappa shape index (κ3) is 2.96. The van der Waals surface area contributed by atoms with Crippen molar-refractivity contribution in [2.75, 3.05) is 6.61 Å². The Morgan fingerprint density at radius 1 is 1.32 bits per heavy atom. The van der Waals surface area contributed by atoms with Crippen LogP contribution in [0.25, 0.3) is 6.08 Å². The number of carbonyl (C=O) groups excluding carboxylic acids is 1. The molecular formula is C15H20N2O2. The molecule has 0 aromatic heterocycles. The van der Waals surface area contributed by atoms with Gasteiger partial charge >= 0.3 is 0 Å². The summed E-state index contributed by atoms with van der Waals surface area (Å²) >= 11 is 0. The van der Waals surface area contributed by atoms with E-state index in [1.165, 1.54) is 0 Å². The van der Waals surface area contributed by atoms with Crippen LogP contribution in [0.2, 0.25) is 0 Å². The van der Waals surface area contributed by atoms with Crippen molar-refractivity contribution in [2.24, 2.45) is 0 Å². The lowest BCUT2D eigenvalue weighted by Gasteiger charge is -2.17. The van der Waals surface area contributed by atoms with Crippen molar-refractivity contribution in [3.8, 4) is 5.75 Å². The standard InChI is InChI=1S/C15H20N2O2/c1-4-9-19-13-8-6-5-7-11(13)10-12-14(18)16-17-15(12,2)3/h5-8,10,17H,4,9H2,1-3H3,(H,16,18)/b12-10+. The Kier molecular flexibility index (Phi) is 3.90. The number of ether oxygens (including phenoxy) is 1. The lowest BCUT2D eigenvalue weighted by molar-refractivity contribution is -0.116. The molecule has 4 nitrogen and oxygen atoms in total. The average Bonchev–Trinajstić information content (AvgIpc) is 2.64. The van der Waals surface area contributed by atoms with Crippen LogP contribution < -0.4 is 15.6 Å². The van der Waals surface area contributed by atoms with Gasteiger partial charge < -0.3 is 4.74 Å². The van der Waals surface area contributed by atoms with E-state index in [-0.39, 0.29) is 11.4 Å². The highest BCUT2D eigenvalue weighted by molar-refractivity contribution is 6.02. The Morgan fingerprint density at radius 2 is 2.05 bits per heavy atom. The summed E-state index contributed by atoms with van der Waals surface area (Å²) in [5.41, 5.74) is 6.87. The van der Waals surface area contributed by atoms with E-state index in [0.29, 0.717) is 12.2 Å². The van der Waals surface area contributed by atoms with E-state index in [0.717, 1.165) is 17.7 Å². The van der Waals surface area contributed by atoms with Crippen molar-refractivity contribution in [3.63, 3.8) is 0 Å². The van der Waals surface area contributed by atoms with Crippen LogP contribution in [0.5, 0.6) is 5.75 Å². The second-order valence-corrected chi connectivity index (χ2v) is 5.15. The molecule has 2 N–H and O–H groups in total. The van der Waals surface area contributed by atoms with Crippen molar-refractivity contribution < 1.29 is 9.53 Å². The Balaban J connectivity index is 2.34. The molecule has 0 saturated carbocycles. The summed E-state index contributed by atoms with van der Waals surface area (Å²) in [6.45, 7) is 6.67. The van der Waals surface area contributed by atoms with Crippen molar-refractivity contribution in [3.05, 3.63) is 35.4 Å².